The van der Waals surface area contributed by atoms with Crippen LogP contribution in [0.15, 0.2) is 114 Å². The maximum Gasteiger partial charge on any atom is 0.407 e. The first kappa shape index (κ1) is 37.7. The Morgan fingerprint density at radius 1 is 0.857 bits per heavy atom. The third-order valence-corrected chi connectivity index (χ3v) is 9.74. The number of carbonyl (C=O) groups is 2. The van der Waals surface area contributed by atoms with Crippen LogP contribution in [0.1, 0.15) is 48.9 Å². The predicted molar refractivity (Wildman–Crippen MR) is 201 cm³/mol. The number of hydrogen-bond acceptors (Lipinski definition) is 6. The summed E-state index contributed by atoms with van der Waals surface area (Å²) in [5.74, 6) is 0.301. The summed E-state index contributed by atoms with van der Waals surface area (Å²) in [7, 11) is 1.27. The first-order chi connectivity index (χ1) is 24.0. The Hall–Kier alpha value is -4.11. The molecule has 0 spiro atoms. The van der Waals surface area contributed by atoms with E-state index in [0.29, 0.717) is 11.2 Å². The zero-order chi connectivity index (χ0) is 34.8. The van der Waals surface area contributed by atoms with Gasteiger partial charge < -0.3 is 25.4 Å². The van der Waals surface area contributed by atoms with Gasteiger partial charge >= 0.3 is 6.09 Å². The van der Waals surface area contributed by atoms with Crippen molar-refractivity contribution in [3.05, 3.63) is 131 Å². The van der Waals surface area contributed by atoms with E-state index < -0.39 is 6.09 Å². The maximum atomic E-state index is 12.2. The molecule has 0 aromatic heterocycles. The van der Waals surface area contributed by atoms with Crippen LogP contribution in [-0.4, -0.2) is 56.2 Å². The van der Waals surface area contributed by atoms with Gasteiger partial charge in [0.15, 0.2) is 0 Å². The molecule has 4 aromatic carbocycles. The van der Waals surface area contributed by atoms with Crippen molar-refractivity contribution < 1.29 is 19.1 Å². The van der Waals surface area contributed by atoms with Gasteiger partial charge in [-0.25, -0.2) is 4.79 Å². The number of morpholine rings is 1. The molecular weight excluding hydrogens is 631 g/mol. The molecule has 2 fully saturated rings. The highest BCUT2D eigenvalue weighted by atomic mass is 32.2. The number of ether oxygens (including phenoxy) is 2. The number of benzene rings is 4. The third kappa shape index (κ3) is 13.0. The first-order valence-corrected chi connectivity index (χ1v) is 18.2. The molecular formula is C41H51N3O4S. The van der Waals surface area contributed by atoms with Gasteiger partial charge in [0, 0.05) is 28.9 Å². The number of methoxy groups -OCH3 is 1. The summed E-state index contributed by atoms with van der Waals surface area (Å²) < 4.78 is 11.0. The van der Waals surface area contributed by atoms with Gasteiger partial charge in [0.1, 0.15) is 6.54 Å². The van der Waals surface area contributed by atoms with Gasteiger partial charge in [-0.2, -0.15) is 0 Å². The molecule has 0 bridgehead atoms. The van der Waals surface area contributed by atoms with Gasteiger partial charge in [0.2, 0.25) is 5.91 Å². The molecule has 6 rings (SSSR count). The molecule has 0 radical (unpaired) electrons. The molecule has 3 N–H and O–H groups in total. The van der Waals surface area contributed by atoms with E-state index in [9.17, 15) is 9.59 Å². The van der Waals surface area contributed by atoms with Gasteiger partial charge in [-0.3, -0.25) is 4.79 Å². The molecule has 7 nitrogen and oxygen atoms in total. The van der Waals surface area contributed by atoms with Gasteiger partial charge in [-0.15, -0.1) is 11.8 Å². The van der Waals surface area contributed by atoms with E-state index in [1.54, 1.807) is 0 Å². The summed E-state index contributed by atoms with van der Waals surface area (Å²) >= 11 is 1.96. The van der Waals surface area contributed by atoms with Crippen LogP contribution in [-0.2, 0) is 27.1 Å². The molecule has 1 saturated heterocycles. The van der Waals surface area contributed by atoms with Crippen LogP contribution in [0.3, 0.4) is 0 Å². The van der Waals surface area contributed by atoms with Crippen molar-refractivity contribution in [2.45, 2.75) is 68.8 Å². The van der Waals surface area contributed by atoms with Gasteiger partial charge in [0.05, 0.1) is 19.3 Å². The number of anilines is 1. The number of carbonyl (C=O) groups excluding carboxylic acids is 2. The monoisotopic (exact) mass is 681 g/mol. The Morgan fingerprint density at radius 2 is 1.49 bits per heavy atom. The van der Waals surface area contributed by atoms with Crippen molar-refractivity contribution in [1.29, 1.82) is 0 Å². The second-order valence-electron chi connectivity index (χ2n) is 12.1. The summed E-state index contributed by atoms with van der Waals surface area (Å²) in [6.07, 6.45) is 3.67. The maximum absolute atomic E-state index is 12.2. The van der Waals surface area contributed by atoms with Gasteiger partial charge in [0.25, 0.3) is 0 Å². The van der Waals surface area contributed by atoms with Crippen LogP contribution >= 0.6 is 11.8 Å². The van der Waals surface area contributed by atoms with Crippen molar-refractivity contribution in [3.63, 3.8) is 0 Å². The Bertz CT molecular complexity index is 1510. The zero-order valence-electron chi connectivity index (χ0n) is 29.2. The number of rotatable bonds is 11. The van der Waals surface area contributed by atoms with Crippen molar-refractivity contribution in [1.82, 2.24) is 10.6 Å². The second kappa shape index (κ2) is 20.4. The van der Waals surface area contributed by atoms with E-state index in [4.69, 9.17) is 4.74 Å². The van der Waals surface area contributed by atoms with Crippen molar-refractivity contribution in [2.24, 2.45) is 5.92 Å². The summed E-state index contributed by atoms with van der Waals surface area (Å²) in [6.45, 7) is 7.73. The quantitative estimate of drug-likeness (QED) is 0.148. The van der Waals surface area contributed by atoms with Crippen molar-refractivity contribution in [2.75, 3.05) is 32.1 Å². The molecule has 4 atom stereocenters. The Morgan fingerprint density at radius 3 is 2.14 bits per heavy atom. The summed E-state index contributed by atoms with van der Waals surface area (Å²) in [5, 5.41) is 9.46. The Labute approximate surface area is 296 Å². The van der Waals surface area contributed by atoms with E-state index in [1.165, 1.54) is 35.1 Å². The Balaban J connectivity index is 0.000000299. The number of aryl methyl sites for hydroxylation is 2. The van der Waals surface area contributed by atoms with Crippen LogP contribution in [0, 0.1) is 12.8 Å². The summed E-state index contributed by atoms with van der Waals surface area (Å²) in [6, 6.07) is 37.6. The molecule has 1 aliphatic heterocycles. The number of nitrogens with one attached hydrogen (secondary N) is 3. The van der Waals surface area contributed by atoms with E-state index in [2.05, 4.69) is 113 Å². The fourth-order valence-electron chi connectivity index (χ4n) is 5.68. The van der Waals surface area contributed by atoms with Crippen LogP contribution in [0.2, 0.25) is 0 Å². The van der Waals surface area contributed by atoms with Crippen LogP contribution < -0.4 is 16.0 Å². The number of alkyl carbamates (subject to hydrolysis) is 1. The number of hydrogen-bond donors (Lipinski definition) is 3. The minimum absolute atomic E-state index is 0.137. The topological polar surface area (TPSA) is 88.7 Å². The van der Waals surface area contributed by atoms with Crippen molar-refractivity contribution >= 4 is 29.4 Å². The SMILES string of the molecule is CC.COC(=O)NCC(=O)Nc1ccccc1CCC1CNCC([C@@H]2CC2Sc2ccc(C)cc2)O1.c1ccc(Cc2ccccc2)cc1. The van der Waals surface area contributed by atoms with Crippen LogP contribution in [0.25, 0.3) is 0 Å². The molecule has 260 valence electrons. The fourth-order valence-corrected chi connectivity index (χ4v) is 6.99. The van der Waals surface area contributed by atoms with Gasteiger partial charge in [-0.05, 0) is 73.4 Å². The lowest BCUT2D eigenvalue weighted by atomic mass is 10.0. The number of thioether (sulfide) groups is 1. The molecule has 1 heterocycles. The van der Waals surface area contributed by atoms with Crippen LogP contribution in [0.4, 0.5) is 10.5 Å². The molecule has 2 amide bonds. The minimum Gasteiger partial charge on any atom is -0.453 e. The molecule has 49 heavy (non-hydrogen) atoms. The smallest absolute Gasteiger partial charge is 0.407 e. The Kier molecular flexibility index (Phi) is 15.7. The zero-order valence-corrected chi connectivity index (χ0v) is 30.0. The molecule has 1 aliphatic carbocycles. The molecule has 2 aliphatic rings. The van der Waals surface area contributed by atoms with Gasteiger partial charge in [-0.1, -0.05) is 110 Å². The first-order valence-electron chi connectivity index (χ1n) is 17.3. The third-order valence-electron chi connectivity index (χ3n) is 8.35. The minimum atomic E-state index is -0.630. The standard InChI is InChI=1S/C26H33N3O4S.C13H12.C2H6/c1-17-7-11-20(12-8-17)34-24-13-21(24)23-15-27-14-19(33-23)10-9-18-5-3-4-6-22(18)29-25(30)16-28-26(31)32-2;1-3-7-12(8-4-1)11-13-9-5-2-6-10-13;1-2/h3-8,11-12,19,21,23-24,27H,9-10,13-16H2,1-2H3,(H,28,31)(H,29,30);1-10H,11H2;1-2H3/t19?,21-,23?,24?;;/m0../s1. The van der Waals surface area contributed by atoms with Crippen LogP contribution in [0.5, 0.6) is 0 Å². The average Bonchev–Trinajstić information content (AvgIpc) is 3.92. The molecule has 4 aromatic rings. The average molecular weight is 682 g/mol. The highest BCUT2D eigenvalue weighted by Gasteiger charge is 2.45. The second-order valence-corrected chi connectivity index (χ2v) is 13.4. The lowest BCUT2D eigenvalue weighted by Crippen LogP contribution is -2.46. The summed E-state index contributed by atoms with van der Waals surface area (Å²) in [4.78, 5) is 24.7. The predicted octanol–water partition coefficient (Wildman–Crippen LogP) is 8.06. The van der Waals surface area contributed by atoms with E-state index in [1.807, 2.05) is 49.9 Å². The largest absolute Gasteiger partial charge is 0.453 e. The number of para-hydroxylation sites is 1. The number of amides is 2. The lowest BCUT2D eigenvalue weighted by molar-refractivity contribution is -0.115. The molecule has 8 heteroatoms. The van der Waals surface area contributed by atoms with E-state index >= 15 is 0 Å². The van der Waals surface area contributed by atoms with E-state index in [0.717, 1.165) is 43.6 Å². The lowest BCUT2D eigenvalue weighted by Gasteiger charge is -2.31. The molecule has 3 unspecified atom stereocenters. The van der Waals surface area contributed by atoms with E-state index in [-0.39, 0.29) is 24.7 Å². The fraction of sp³-hybridized carbons (Fsp3) is 0.366. The van der Waals surface area contributed by atoms with Crippen molar-refractivity contribution in [3.8, 4) is 0 Å². The normalized spacial score (nSPS) is 19.2. The molecule has 1 saturated carbocycles. The highest BCUT2D eigenvalue weighted by molar-refractivity contribution is 8.00. The highest BCUT2D eigenvalue weighted by Crippen LogP contribution is 2.48. The summed E-state index contributed by atoms with van der Waals surface area (Å²) in [5.41, 5.74) is 5.84.